The molecule has 0 amide bonds. The highest BCUT2D eigenvalue weighted by molar-refractivity contribution is 9.10. The number of rotatable bonds is 4. The molecule has 1 aromatic rings. The van der Waals surface area contributed by atoms with E-state index in [1.54, 1.807) is 4.90 Å². The summed E-state index contributed by atoms with van der Waals surface area (Å²) in [5, 5.41) is 3.03. The van der Waals surface area contributed by atoms with E-state index >= 15 is 0 Å². The third-order valence-corrected chi connectivity index (χ3v) is 3.99. The molecule has 1 aliphatic heterocycles. The van der Waals surface area contributed by atoms with Crippen molar-refractivity contribution >= 4 is 15.9 Å². The highest BCUT2D eigenvalue weighted by Gasteiger charge is 2.37. The zero-order chi connectivity index (χ0) is 18.0. The van der Waals surface area contributed by atoms with Crippen molar-refractivity contribution in [2.45, 2.75) is 25.0 Å². The fraction of sp³-hybridized carbons (Fsp3) is 0.571. The predicted octanol–water partition coefficient (Wildman–Crippen LogP) is 4.25. The quantitative estimate of drug-likeness (QED) is 0.737. The van der Waals surface area contributed by atoms with E-state index in [0.29, 0.717) is 26.2 Å². The van der Waals surface area contributed by atoms with Crippen LogP contribution in [0.2, 0.25) is 0 Å². The van der Waals surface area contributed by atoms with Crippen molar-refractivity contribution in [2.24, 2.45) is 0 Å². The van der Waals surface area contributed by atoms with Crippen LogP contribution in [-0.4, -0.2) is 43.6 Å². The number of piperazine rings is 1. The van der Waals surface area contributed by atoms with Crippen molar-refractivity contribution in [1.29, 1.82) is 0 Å². The lowest BCUT2D eigenvalue weighted by atomic mass is 10.0. The van der Waals surface area contributed by atoms with E-state index in [0.717, 1.165) is 12.1 Å². The number of hydrogen-bond acceptors (Lipinski definition) is 3. The minimum Gasteiger partial charge on any atom is -0.406 e. The van der Waals surface area contributed by atoms with Crippen LogP contribution < -0.4 is 10.1 Å². The molecular weight excluding hydrogens is 406 g/mol. The molecule has 0 bridgehead atoms. The molecule has 10 heteroatoms. The highest BCUT2D eigenvalue weighted by Crippen LogP contribution is 2.37. The molecule has 0 aromatic heterocycles. The van der Waals surface area contributed by atoms with E-state index in [1.165, 1.54) is 6.07 Å². The summed E-state index contributed by atoms with van der Waals surface area (Å²) in [4.78, 5) is 1.61. The molecule has 1 N–H and O–H groups in total. The molecule has 0 spiro atoms. The van der Waals surface area contributed by atoms with Crippen LogP contribution in [0, 0.1) is 0 Å². The Morgan fingerprint density at radius 1 is 1.08 bits per heavy atom. The molecule has 1 fully saturated rings. The summed E-state index contributed by atoms with van der Waals surface area (Å²) >= 11 is 3.03. The lowest BCUT2D eigenvalue weighted by Crippen LogP contribution is -2.46. The zero-order valence-electron chi connectivity index (χ0n) is 12.3. The molecule has 2 rings (SSSR count). The summed E-state index contributed by atoms with van der Waals surface area (Å²) < 4.78 is 80.1. The first-order chi connectivity index (χ1) is 11.0. The molecule has 1 aliphatic rings. The van der Waals surface area contributed by atoms with Gasteiger partial charge in [0.25, 0.3) is 0 Å². The monoisotopic (exact) mass is 420 g/mol. The van der Waals surface area contributed by atoms with Crippen LogP contribution in [0.5, 0.6) is 5.75 Å². The van der Waals surface area contributed by atoms with Crippen LogP contribution in [0.1, 0.15) is 18.0 Å². The Bertz CT molecular complexity index is 557. The van der Waals surface area contributed by atoms with Crippen LogP contribution in [-0.2, 0) is 0 Å². The van der Waals surface area contributed by atoms with Crippen LogP contribution >= 0.6 is 15.9 Å². The van der Waals surface area contributed by atoms with Gasteiger partial charge in [0.15, 0.2) is 0 Å². The van der Waals surface area contributed by atoms with E-state index in [2.05, 4.69) is 26.0 Å². The van der Waals surface area contributed by atoms with Gasteiger partial charge in [-0.2, -0.15) is 13.2 Å². The number of ether oxygens (including phenoxy) is 1. The standard InChI is InChI=1S/C14H15BrF6N2O/c15-10-5-9(6-11(7-10)24-14(19,20)21)12(8-13(16,17)18)23-3-1-22-2-4-23/h5-7,12,22H,1-4,8H2/t12-/m1/s1. The van der Waals surface area contributed by atoms with E-state index in [4.69, 9.17) is 0 Å². The SMILES string of the molecule is FC(F)(F)C[C@H](c1cc(Br)cc(OC(F)(F)F)c1)N1CCNCC1. The second-order valence-electron chi connectivity index (χ2n) is 5.39. The molecule has 1 aromatic carbocycles. The summed E-state index contributed by atoms with van der Waals surface area (Å²) in [6.07, 6.45) is -10.5. The van der Waals surface area contributed by atoms with Crippen LogP contribution in [0.3, 0.4) is 0 Å². The van der Waals surface area contributed by atoms with Crippen molar-refractivity contribution < 1.29 is 31.1 Å². The first kappa shape index (κ1) is 19.3. The normalized spacial score (nSPS) is 18.5. The minimum absolute atomic E-state index is 0.128. The van der Waals surface area contributed by atoms with Gasteiger partial charge in [0.1, 0.15) is 5.75 Å². The summed E-state index contributed by atoms with van der Waals surface area (Å²) in [5.41, 5.74) is 0.128. The fourth-order valence-corrected chi connectivity index (χ4v) is 3.13. The van der Waals surface area contributed by atoms with E-state index < -0.39 is 30.8 Å². The first-order valence-electron chi connectivity index (χ1n) is 7.11. The fourth-order valence-electron chi connectivity index (χ4n) is 2.64. The minimum atomic E-state index is -4.91. The van der Waals surface area contributed by atoms with Gasteiger partial charge in [0.05, 0.1) is 6.42 Å². The Hall–Kier alpha value is -1.00. The Morgan fingerprint density at radius 3 is 2.25 bits per heavy atom. The third kappa shape index (κ3) is 6.14. The smallest absolute Gasteiger partial charge is 0.406 e. The average molecular weight is 421 g/mol. The summed E-state index contributed by atoms with van der Waals surface area (Å²) in [7, 11) is 0. The van der Waals surface area contributed by atoms with Gasteiger partial charge >= 0.3 is 12.5 Å². The van der Waals surface area contributed by atoms with Crippen molar-refractivity contribution in [3.63, 3.8) is 0 Å². The Morgan fingerprint density at radius 2 is 1.71 bits per heavy atom. The number of hydrogen-bond donors (Lipinski definition) is 1. The van der Waals surface area contributed by atoms with Crippen LogP contribution in [0.25, 0.3) is 0 Å². The van der Waals surface area contributed by atoms with Crippen LogP contribution in [0.15, 0.2) is 22.7 Å². The second-order valence-corrected chi connectivity index (χ2v) is 6.30. The van der Waals surface area contributed by atoms with Crippen molar-refractivity contribution in [2.75, 3.05) is 26.2 Å². The maximum absolute atomic E-state index is 13.0. The molecule has 0 unspecified atom stereocenters. The number of benzene rings is 1. The van der Waals surface area contributed by atoms with E-state index in [9.17, 15) is 26.3 Å². The molecule has 1 heterocycles. The number of nitrogens with one attached hydrogen (secondary N) is 1. The van der Waals surface area contributed by atoms with Crippen molar-refractivity contribution in [3.8, 4) is 5.75 Å². The Balaban J connectivity index is 2.33. The molecule has 24 heavy (non-hydrogen) atoms. The number of nitrogens with zero attached hydrogens (tertiary/aromatic N) is 1. The maximum atomic E-state index is 13.0. The van der Waals surface area contributed by atoms with Gasteiger partial charge in [-0.1, -0.05) is 15.9 Å². The van der Waals surface area contributed by atoms with Gasteiger partial charge in [-0.15, -0.1) is 13.2 Å². The molecule has 1 saturated heterocycles. The van der Waals surface area contributed by atoms with Crippen molar-refractivity contribution in [1.82, 2.24) is 10.2 Å². The van der Waals surface area contributed by atoms with E-state index in [1.807, 2.05) is 0 Å². The number of halogens is 7. The summed E-state index contributed by atoms with van der Waals surface area (Å²) in [6.45, 7) is 1.80. The summed E-state index contributed by atoms with van der Waals surface area (Å²) in [6, 6.07) is 2.40. The molecular formula is C14H15BrF6N2O. The molecule has 0 aliphatic carbocycles. The maximum Gasteiger partial charge on any atom is 0.573 e. The van der Waals surface area contributed by atoms with Gasteiger partial charge in [0, 0.05) is 36.7 Å². The summed E-state index contributed by atoms with van der Waals surface area (Å²) in [5.74, 6) is -0.547. The van der Waals surface area contributed by atoms with Gasteiger partial charge < -0.3 is 10.1 Å². The van der Waals surface area contributed by atoms with Gasteiger partial charge in [-0.3, -0.25) is 4.90 Å². The highest BCUT2D eigenvalue weighted by atomic mass is 79.9. The topological polar surface area (TPSA) is 24.5 Å². The molecule has 1 atom stereocenters. The molecule has 136 valence electrons. The van der Waals surface area contributed by atoms with E-state index in [-0.39, 0.29) is 10.0 Å². The lowest BCUT2D eigenvalue weighted by Gasteiger charge is -2.36. The Labute approximate surface area is 143 Å². The average Bonchev–Trinajstić information content (AvgIpc) is 2.42. The van der Waals surface area contributed by atoms with Crippen LogP contribution in [0.4, 0.5) is 26.3 Å². The predicted molar refractivity (Wildman–Crippen MR) is 78.7 cm³/mol. The van der Waals surface area contributed by atoms with Gasteiger partial charge in [0.2, 0.25) is 0 Å². The Kier molecular flexibility index (Phi) is 6.03. The second kappa shape index (κ2) is 7.49. The molecule has 0 saturated carbocycles. The van der Waals surface area contributed by atoms with Gasteiger partial charge in [-0.05, 0) is 23.8 Å². The van der Waals surface area contributed by atoms with Gasteiger partial charge in [-0.25, -0.2) is 0 Å². The molecule has 3 nitrogen and oxygen atoms in total. The first-order valence-corrected chi connectivity index (χ1v) is 7.90. The third-order valence-electron chi connectivity index (χ3n) is 3.53. The lowest BCUT2D eigenvalue weighted by molar-refractivity contribution is -0.274. The zero-order valence-corrected chi connectivity index (χ0v) is 13.9. The number of alkyl halides is 6. The van der Waals surface area contributed by atoms with Crippen molar-refractivity contribution in [3.05, 3.63) is 28.2 Å². The largest absolute Gasteiger partial charge is 0.573 e. The molecule has 0 radical (unpaired) electrons.